The number of rotatable bonds is 3. The smallest absolute Gasteiger partial charge is 0.251 e. The van der Waals surface area contributed by atoms with Crippen LogP contribution in [0, 0.1) is 6.92 Å². The van der Waals surface area contributed by atoms with E-state index in [1.165, 1.54) is 0 Å². The highest BCUT2D eigenvalue weighted by atomic mass is 19.1. The normalized spacial score (nSPS) is 19.9. The van der Waals surface area contributed by atoms with Crippen LogP contribution >= 0.6 is 0 Å². The Morgan fingerprint density at radius 1 is 1.15 bits per heavy atom. The number of anilines is 1. The van der Waals surface area contributed by atoms with Crippen LogP contribution in [0.3, 0.4) is 0 Å². The van der Waals surface area contributed by atoms with Crippen molar-refractivity contribution in [2.45, 2.75) is 32.1 Å². The van der Waals surface area contributed by atoms with E-state index in [1.54, 1.807) is 35.4 Å². The second-order valence-corrected chi connectivity index (χ2v) is 6.96. The second kappa shape index (κ2) is 7.35. The molecule has 0 radical (unpaired) electrons. The molecule has 0 saturated carbocycles. The summed E-state index contributed by atoms with van der Waals surface area (Å²) in [4.78, 5) is 18.6. The van der Waals surface area contributed by atoms with Crippen molar-refractivity contribution >= 4 is 22.5 Å². The third kappa shape index (κ3) is 3.37. The predicted octanol–water partition coefficient (Wildman–Crippen LogP) is 4.24. The van der Waals surface area contributed by atoms with Crippen LogP contribution in [0.5, 0.6) is 0 Å². The molecule has 0 spiro atoms. The number of hydrogen-bond donors (Lipinski definition) is 1. The molecule has 2 aromatic carbocycles. The summed E-state index contributed by atoms with van der Waals surface area (Å²) in [6, 6.07) is 16.3. The zero-order chi connectivity index (χ0) is 18.8. The number of aryl methyl sites for hydroxylation is 1. The summed E-state index contributed by atoms with van der Waals surface area (Å²) in [6.07, 6.45) is 1.81. The van der Waals surface area contributed by atoms with Gasteiger partial charge in [-0.15, -0.1) is 0 Å². The van der Waals surface area contributed by atoms with Crippen LogP contribution in [0.4, 0.5) is 10.2 Å². The first kappa shape index (κ1) is 17.5. The lowest BCUT2D eigenvalue weighted by Crippen LogP contribution is -2.53. The maximum absolute atomic E-state index is 15.4. The number of piperidine rings is 1. The molecule has 0 aliphatic carbocycles. The van der Waals surface area contributed by atoms with E-state index in [-0.39, 0.29) is 5.91 Å². The van der Waals surface area contributed by atoms with E-state index in [0.29, 0.717) is 24.3 Å². The van der Waals surface area contributed by atoms with Crippen molar-refractivity contribution in [2.24, 2.45) is 0 Å². The van der Waals surface area contributed by atoms with Crippen LogP contribution < -0.4 is 10.2 Å². The van der Waals surface area contributed by atoms with E-state index in [0.717, 1.165) is 22.8 Å². The van der Waals surface area contributed by atoms with Gasteiger partial charge in [-0.1, -0.05) is 36.4 Å². The van der Waals surface area contributed by atoms with Crippen molar-refractivity contribution in [3.05, 3.63) is 71.9 Å². The summed E-state index contributed by atoms with van der Waals surface area (Å²) in [5.74, 6) is 0.406. The first-order valence-electron chi connectivity index (χ1n) is 9.26. The van der Waals surface area contributed by atoms with Crippen molar-refractivity contribution in [3.8, 4) is 0 Å². The molecule has 1 aromatic heterocycles. The van der Waals surface area contributed by atoms with E-state index in [9.17, 15) is 4.79 Å². The average molecular weight is 363 g/mol. The maximum Gasteiger partial charge on any atom is 0.251 e. The highest BCUT2D eigenvalue weighted by molar-refractivity contribution is 5.95. The van der Waals surface area contributed by atoms with Gasteiger partial charge in [-0.3, -0.25) is 4.79 Å². The second-order valence-electron chi connectivity index (χ2n) is 6.96. The lowest BCUT2D eigenvalue weighted by molar-refractivity contribution is 0.0890. The lowest BCUT2D eigenvalue weighted by Gasteiger charge is -2.38. The van der Waals surface area contributed by atoms with Gasteiger partial charge in [-0.2, -0.15) is 0 Å². The number of nitrogens with zero attached hydrogens (tertiary/aromatic N) is 2. The fraction of sp³-hybridized carbons (Fsp3) is 0.273. The van der Waals surface area contributed by atoms with Crippen molar-refractivity contribution in [3.63, 3.8) is 0 Å². The fourth-order valence-corrected chi connectivity index (χ4v) is 3.77. The van der Waals surface area contributed by atoms with E-state index in [1.807, 2.05) is 37.3 Å². The summed E-state index contributed by atoms with van der Waals surface area (Å²) >= 11 is 0. The molecule has 5 heteroatoms. The van der Waals surface area contributed by atoms with Gasteiger partial charge in [0, 0.05) is 23.7 Å². The van der Waals surface area contributed by atoms with Crippen LogP contribution in [0.2, 0.25) is 0 Å². The Balaban J connectivity index is 1.61. The predicted molar refractivity (Wildman–Crippen MR) is 106 cm³/mol. The summed E-state index contributed by atoms with van der Waals surface area (Å²) in [5, 5.41) is 4.88. The zero-order valence-corrected chi connectivity index (χ0v) is 15.2. The number of carbonyl (C=O) groups is 1. The van der Waals surface area contributed by atoms with Crippen molar-refractivity contribution in [1.29, 1.82) is 0 Å². The maximum atomic E-state index is 15.4. The molecule has 1 unspecified atom stereocenters. The number of amides is 1. The largest absolute Gasteiger partial charge is 0.344 e. The van der Waals surface area contributed by atoms with E-state index >= 15 is 4.39 Å². The minimum absolute atomic E-state index is 0.243. The Kier molecular flexibility index (Phi) is 4.75. The molecular formula is C22H22FN3O. The van der Waals surface area contributed by atoms with Gasteiger partial charge < -0.3 is 10.2 Å². The minimum Gasteiger partial charge on any atom is -0.344 e. The zero-order valence-electron chi connectivity index (χ0n) is 15.2. The quantitative estimate of drug-likeness (QED) is 0.708. The summed E-state index contributed by atoms with van der Waals surface area (Å²) < 4.78 is 15.4. The van der Waals surface area contributed by atoms with E-state index in [4.69, 9.17) is 0 Å². The molecule has 1 fully saturated rings. The molecule has 4 nitrogen and oxygen atoms in total. The number of aromatic nitrogens is 1. The number of pyridine rings is 1. The first-order valence-corrected chi connectivity index (χ1v) is 9.26. The highest BCUT2D eigenvalue weighted by Gasteiger charge is 2.34. The van der Waals surface area contributed by atoms with Crippen LogP contribution in [0.1, 0.15) is 28.8 Å². The Morgan fingerprint density at radius 2 is 1.96 bits per heavy atom. The monoisotopic (exact) mass is 363 g/mol. The Labute approximate surface area is 158 Å². The van der Waals surface area contributed by atoms with Crippen LogP contribution in [0.25, 0.3) is 10.8 Å². The molecule has 4 rings (SSSR count). The van der Waals surface area contributed by atoms with Gasteiger partial charge >= 0.3 is 0 Å². The number of hydrogen-bond acceptors (Lipinski definition) is 3. The molecule has 3 aromatic rings. The number of nitrogens with one attached hydrogen (secondary N) is 1. The van der Waals surface area contributed by atoms with Gasteiger partial charge in [0.2, 0.25) is 0 Å². The fourth-order valence-electron chi connectivity index (χ4n) is 3.77. The topological polar surface area (TPSA) is 45.2 Å². The molecule has 27 heavy (non-hydrogen) atoms. The summed E-state index contributed by atoms with van der Waals surface area (Å²) in [6.45, 7) is 2.60. The van der Waals surface area contributed by atoms with Gasteiger partial charge in [0.05, 0.1) is 6.04 Å². The highest BCUT2D eigenvalue weighted by Crippen LogP contribution is 2.32. The lowest BCUT2D eigenvalue weighted by atomic mass is 10.0. The molecule has 1 aliphatic rings. The molecule has 2 heterocycles. The third-order valence-electron chi connectivity index (χ3n) is 5.15. The van der Waals surface area contributed by atoms with Crippen molar-refractivity contribution in [1.82, 2.24) is 10.3 Å². The van der Waals surface area contributed by atoms with Gasteiger partial charge in [0.25, 0.3) is 5.91 Å². The van der Waals surface area contributed by atoms with Gasteiger partial charge in [0.1, 0.15) is 5.82 Å². The first-order chi connectivity index (χ1) is 13.1. The number of alkyl halides is 1. The SMILES string of the molecule is Cc1cccc2ccnc(N3CCC[C@@H](NC(=O)c4ccccc4)C3F)c12. The molecule has 2 atom stereocenters. The number of carbonyl (C=O) groups excluding carboxylic acids is 1. The third-order valence-corrected chi connectivity index (χ3v) is 5.15. The Hall–Kier alpha value is -2.95. The summed E-state index contributed by atoms with van der Waals surface area (Å²) in [5.41, 5.74) is 1.61. The molecular weight excluding hydrogens is 341 g/mol. The van der Waals surface area contributed by atoms with Gasteiger partial charge in [0.15, 0.2) is 6.30 Å². The molecule has 1 N–H and O–H groups in total. The van der Waals surface area contributed by atoms with Crippen LogP contribution in [-0.4, -0.2) is 29.8 Å². The van der Waals surface area contributed by atoms with Crippen LogP contribution in [0.15, 0.2) is 60.8 Å². The molecule has 1 saturated heterocycles. The van der Waals surface area contributed by atoms with Gasteiger partial charge in [-0.05, 0) is 48.9 Å². The molecule has 138 valence electrons. The van der Waals surface area contributed by atoms with Crippen molar-refractivity contribution < 1.29 is 9.18 Å². The number of fused-ring (bicyclic) bond motifs is 1. The molecule has 1 aliphatic heterocycles. The van der Waals surface area contributed by atoms with Crippen molar-refractivity contribution in [2.75, 3.05) is 11.4 Å². The standard InChI is InChI=1S/C22H22FN3O/c1-15-7-5-10-16-12-13-24-21(19(15)16)26-14-6-11-18(20(26)23)25-22(27)17-8-3-2-4-9-17/h2-5,7-10,12-13,18,20H,6,11,14H2,1H3,(H,25,27)/t18-,20?/m1/s1. The molecule has 1 amide bonds. The number of benzene rings is 2. The Morgan fingerprint density at radius 3 is 2.78 bits per heavy atom. The summed E-state index contributed by atoms with van der Waals surface area (Å²) in [7, 11) is 0. The minimum atomic E-state index is -1.32. The average Bonchev–Trinajstić information content (AvgIpc) is 2.70. The molecule has 0 bridgehead atoms. The van der Waals surface area contributed by atoms with Gasteiger partial charge in [-0.25, -0.2) is 9.37 Å². The van der Waals surface area contributed by atoms with Crippen LogP contribution in [-0.2, 0) is 0 Å². The number of halogens is 1. The van der Waals surface area contributed by atoms with E-state index in [2.05, 4.69) is 10.3 Å². The van der Waals surface area contributed by atoms with E-state index < -0.39 is 12.3 Å². The Bertz CT molecular complexity index is 955.